The van der Waals surface area contributed by atoms with Gasteiger partial charge in [0.05, 0.1) is 0 Å². The van der Waals surface area contributed by atoms with E-state index in [1.54, 1.807) is 0 Å². The number of hydrogen-bond donors (Lipinski definition) is 0. The summed E-state index contributed by atoms with van der Waals surface area (Å²) in [5, 5.41) is 0. The topological polar surface area (TPSA) is 17.1 Å². The molecule has 1 fully saturated rings. The number of hydrogen-bond acceptors (Lipinski definition) is 1. The average Bonchev–Trinajstić information content (AvgIpc) is 2.59. The van der Waals surface area contributed by atoms with Gasteiger partial charge in [0.2, 0.25) is 0 Å². The Labute approximate surface area is 110 Å². The molecule has 1 spiro atoms. The SMILES string of the molecule is Cc1cccc2c1C=C(Br)C21CCC(=O)CC1. The number of ketones is 1. The summed E-state index contributed by atoms with van der Waals surface area (Å²) in [6, 6.07) is 6.51. The first kappa shape index (κ1) is 11.2. The number of Topliss-reactive ketones (excluding diaryl/α,β-unsaturated/α-hetero) is 1. The smallest absolute Gasteiger partial charge is 0.133 e. The highest BCUT2D eigenvalue weighted by Crippen LogP contribution is 2.53. The standard InChI is InChI=1S/C15H15BrO/c1-10-3-2-4-13-12(10)9-14(16)15(13)7-5-11(17)6-8-15/h2-4,9H,5-8H2,1H3. The first-order valence-electron chi connectivity index (χ1n) is 6.13. The van der Waals surface area contributed by atoms with E-state index in [0.29, 0.717) is 5.78 Å². The zero-order chi connectivity index (χ0) is 12.0. The van der Waals surface area contributed by atoms with E-state index in [1.807, 2.05) is 0 Å². The van der Waals surface area contributed by atoms with Gasteiger partial charge in [0.1, 0.15) is 5.78 Å². The summed E-state index contributed by atoms with van der Waals surface area (Å²) in [7, 11) is 0. The summed E-state index contributed by atoms with van der Waals surface area (Å²) < 4.78 is 1.27. The van der Waals surface area contributed by atoms with Crippen LogP contribution < -0.4 is 0 Å². The number of fused-ring (bicyclic) bond motifs is 2. The van der Waals surface area contributed by atoms with Crippen LogP contribution in [0.1, 0.15) is 42.4 Å². The largest absolute Gasteiger partial charge is 0.300 e. The molecule has 0 aliphatic heterocycles. The van der Waals surface area contributed by atoms with Gasteiger partial charge in [-0.2, -0.15) is 0 Å². The molecule has 3 rings (SSSR count). The molecule has 2 heteroatoms. The Balaban J connectivity index is 2.12. The second-order valence-corrected chi connectivity index (χ2v) is 6.00. The average molecular weight is 291 g/mol. The molecule has 0 saturated heterocycles. The Morgan fingerprint density at radius 2 is 1.94 bits per heavy atom. The van der Waals surface area contributed by atoms with Crippen molar-refractivity contribution >= 4 is 27.8 Å². The van der Waals surface area contributed by atoms with E-state index in [9.17, 15) is 4.79 Å². The van der Waals surface area contributed by atoms with Gasteiger partial charge in [-0.1, -0.05) is 34.1 Å². The number of carbonyl (C=O) groups excluding carboxylic acids is 1. The highest BCUT2D eigenvalue weighted by atomic mass is 79.9. The van der Waals surface area contributed by atoms with Crippen molar-refractivity contribution in [1.82, 2.24) is 0 Å². The van der Waals surface area contributed by atoms with Crippen LogP contribution in [0.25, 0.3) is 6.08 Å². The fourth-order valence-corrected chi connectivity index (χ4v) is 3.99. The third kappa shape index (κ3) is 1.54. The zero-order valence-electron chi connectivity index (χ0n) is 9.92. The molecule has 1 nitrogen and oxygen atoms in total. The number of aryl methyl sites for hydroxylation is 1. The quantitative estimate of drug-likeness (QED) is 0.702. The van der Waals surface area contributed by atoms with Crippen molar-refractivity contribution in [2.24, 2.45) is 0 Å². The summed E-state index contributed by atoms with van der Waals surface area (Å²) in [4.78, 5) is 11.5. The third-order valence-corrected chi connectivity index (χ3v) is 5.22. The predicted octanol–water partition coefficient (Wildman–Crippen LogP) is 4.13. The molecule has 1 aromatic rings. The van der Waals surface area contributed by atoms with E-state index in [4.69, 9.17) is 0 Å². The van der Waals surface area contributed by atoms with Crippen LogP contribution in [0.5, 0.6) is 0 Å². The molecule has 1 aromatic carbocycles. The maximum absolute atomic E-state index is 11.5. The van der Waals surface area contributed by atoms with E-state index in [1.165, 1.54) is 21.2 Å². The molecule has 0 unspecified atom stereocenters. The Bertz CT molecular complexity index is 518. The maximum Gasteiger partial charge on any atom is 0.133 e. The molecular formula is C15H15BrO. The minimum atomic E-state index is 0.0925. The minimum Gasteiger partial charge on any atom is -0.300 e. The summed E-state index contributed by atoms with van der Waals surface area (Å²) in [6.45, 7) is 2.16. The van der Waals surface area contributed by atoms with Gasteiger partial charge in [-0.15, -0.1) is 0 Å². The molecular weight excluding hydrogens is 276 g/mol. The van der Waals surface area contributed by atoms with E-state index in [-0.39, 0.29) is 5.41 Å². The number of carbonyl (C=O) groups is 1. The van der Waals surface area contributed by atoms with Crippen LogP contribution in [0, 0.1) is 6.92 Å². The van der Waals surface area contributed by atoms with E-state index in [0.717, 1.165) is 25.7 Å². The van der Waals surface area contributed by atoms with Crippen LogP contribution >= 0.6 is 15.9 Å². The lowest BCUT2D eigenvalue weighted by molar-refractivity contribution is -0.121. The highest BCUT2D eigenvalue weighted by Gasteiger charge is 2.43. The molecule has 88 valence electrons. The summed E-state index contributed by atoms with van der Waals surface area (Å²) in [5.74, 6) is 0.414. The van der Waals surface area contributed by atoms with Crippen molar-refractivity contribution in [2.45, 2.75) is 38.0 Å². The Hall–Kier alpha value is -0.890. The van der Waals surface area contributed by atoms with Gasteiger partial charge < -0.3 is 0 Å². The van der Waals surface area contributed by atoms with Gasteiger partial charge in [-0.3, -0.25) is 4.79 Å². The van der Waals surface area contributed by atoms with Crippen molar-refractivity contribution in [2.75, 3.05) is 0 Å². The first-order valence-corrected chi connectivity index (χ1v) is 6.92. The lowest BCUT2D eigenvalue weighted by Gasteiger charge is -2.35. The molecule has 0 atom stereocenters. The van der Waals surface area contributed by atoms with Crippen LogP contribution in [-0.2, 0) is 10.2 Å². The van der Waals surface area contributed by atoms with Crippen molar-refractivity contribution in [3.05, 3.63) is 39.4 Å². The van der Waals surface area contributed by atoms with Crippen molar-refractivity contribution < 1.29 is 4.79 Å². The fraction of sp³-hybridized carbons (Fsp3) is 0.400. The predicted molar refractivity (Wildman–Crippen MR) is 73.2 cm³/mol. The van der Waals surface area contributed by atoms with E-state index < -0.39 is 0 Å². The number of allylic oxidation sites excluding steroid dienone is 1. The lowest BCUT2D eigenvalue weighted by atomic mass is 9.70. The second-order valence-electron chi connectivity index (χ2n) is 5.15. The van der Waals surface area contributed by atoms with Crippen LogP contribution in [0.15, 0.2) is 22.7 Å². The normalized spacial score (nSPS) is 21.5. The number of benzene rings is 1. The summed E-state index contributed by atoms with van der Waals surface area (Å²) >= 11 is 3.74. The molecule has 17 heavy (non-hydrogen) atoms. The Morgan fingerprint density at radius 1 is 1.24 bits per heavy atom. The zero-order valence-corrected chi connectivity index (χ0v) is 11.5. The van der Waals surface area contributed by atoms with E-state index in [2.05, 4.69) is 47.1 Å². The van der Waals surface area contributed by atoms with Gasteiger partial charge in [-0.05, 0) is 42.5 Å². The van der Waals surface area contributed by atoms with Crippen LogP contribution in [0.3, 0.4) is 0 Å². The van der Waals surface area contributed by atoms with Gasteiger partial charge in [0.25, 0.3) is 0 Å². The van der Waals surface area contributed by atoms with Crippen LogP contribution in [0.4, 0.5) is 0 Å². The first-order chi connectivity index (χ1) is 8.13. The molecule has 0 amide bonds. The van der Waals surface area contributed by atoms with Gasteiger partial charge in [-0.25, -0.2) is 0 Å². The third-order valence-electron chi connectivity index (χ3n) is 4.23. The molecule has 2 aliphatic rings. The van der Waals surface area contributed by atoms with Gasteiger partial charge in [0, 0.05) is 22.7 Å². The van der Waals surface area contributed by atoms with Gasteiger partial charge in [0.15, 0.2) is 0 Å². The molecule has 0 bridgehead atoms. The molecule has 2 aliphatic carbocycles. The number of halogens is 1. The Kier molecular flexibility index (Phi) is 2.51. The number of rotatable bonds is 0. The van der Waals surface area contributed by atoms with Crippen molar-refractivity contribution in [1.29, 1.82) is 0 Å². The minimum absolute atomic E-state index is 0.0925. The summed E-state index contributed by atoms with van der Waals surface area (Å²) in [5.41, 5.74) is 4.19. The second kappa shape index (κ2) is 3.81. The summed E-state index contributed by atoms with van der Waals surface area (Å²) in [6.07, 6.45) is 5.60. The lowest BCUT2D eigenvalue weighted by Crippen LogP contribution is -2.30. The van der Waals surface area contributed by atoms with Crippen molar-refractivity contribution in [3.63, 3.8) is 0 Å². The molecule has 0 aromatic heterocycles. The fourth-order valence-electron chi connectivity index (χ4n) is 3.15. The van der Waals surface area contributed by atoms with E-state index >= 15 is 0 Å². The molecule has 0 radical (unpaired) electrons. The Morgan fingerprint density at radius 3 is 2.65 bits per heavy atom. The van der Waals surface area contributed by atoms with Gasteiger partial charge >= 0.3 is 0 Å². The van der Waals surface area contributed by atoms with Crippen molar-refractivity contribution in [3.8, 4) is 0 Å². The molecule has 0 N–H and O–H groups in total. The van der Waals surface area contributed by atoms with Crippen LogP contribution in [0.2, 0.25) is 0 Å². The highest BCUT2D eigenvalue weighted by molar-refractivity contribution is 9.11. The monoisotopic (exact) mass is 290 g/mol. The molecule has 0 heterocycles. The molecule has 1 saturated carbocycles. The maximum atomic E-state index is 11.5. The van der Waals surface area contributed by atoms with Crippen LogP contribution in [-0.4, -0.2) is 5.78 Å².